The van der Waals surface area contributed by atoms with Gasteiger partial charge in [0.1, 0.15) is 0 Å². The number of amides is 2. The lowest BCUT2D eigenvalue weighted by molar-refractivity contribution is -0.115. The fourth-order valence-corrected chi connectivity index (χ4v) is 2.52. The van der Waals surface area contributed by atoms with Gasteiger partial charge in [-0.1, -0.05) is 17.7 Å². The zero-order chi connectivity index (χ0) is 18.7. The summed E-state index contributed by atoms with van der Waals surface area (Å²) in [5, 5.41) is 4.84. The first kappa shape index (κ1) is 18.5. The number of nitrogens with one attached hydrogen (secondary N) is 2. The molecule has 2 rings (SSSR count). The normalized spacial score (nSPS) is 10.5. The van der Waals surface area contributed by atoms with E-state index in [0.717, 1.165) is 22.8 Å². The molecule has 132 valence electrons. The summed E-state index contributed by atoms with van der Waals surface area (Å²) in [4.78, 5) is 23.8. The molecule has 2 aromatic rings. The SMILES string of the molecule is Cc1cc(C)c(NC(=O)CNC(=O)c2ccc(F)c(F)c2F)c(C)c1. The minimum absolute atomic E-state index is 0.440. The van der Waals surface area contributed by atoms with E-state index in [9.17, 15) is 22.8 Å². The van der Waals surface area contributed by atoms with Crippen molar-refractivity contribution in [2.75, 3.05) is 11.9 Å². The number of hydrogen-bond donors (Lipinski definition) is 2. The molecule has 2 aromatic carbocycles. The second kappa shape index (κ2) is 7.38. The van der Waals surface area contributed by atoms with E-state index in [1.54, 1.807) is 0 Å². The van der Waals surface area contributed by atoms with E-state index in [-0.39, 0.29) is 0 Å². The second-order valence-corrected chi connectivity index (χ2v) is 5.73. The van der Waals surface area contributed by atoms with Gasteiger partial charge in [-0.2, -0.15) is 0 Å². The van der Waals surface area contributed by atoms with Crippen LogP contribution >= 0.6 is 0 Å². The van der Waals surface area contributed by atoms with Gasteiger partial charge < -0.3 is 10.6 Å². The van der Waals surface area contributed by atoms with Crippen LogP contribution < -0.4 is 10.6 Å². The van der Waals surface area contributed by atoms with Crippen molar-refractivity contribution in [1.29, 1.82) is 0 Å². The zero-order valence-corrected chi connectivity index (χ0v) is 14.0. The summed E-state index contributed by atoms with van der Waals surface area (Å²) in [6, 6.07) is 5.26. The smallest absolute Gasteiger partial charge is 0.254 e. The molecule has 0 heterocycles. The number of benzene rings is 2. The van der Waals surface area contributed by atoms with Crippen LogP contribution in [0.25, 0.3) is 0 Å². The maximum atomic E-state index is 13.6. The monoisotopic (exact) mass is 350 g/mol. The van der Waals surface area contributed by atoms with E-state index in [4.69, 9.17) is 0 Å². The van der Waals surface area contributed by atoms with Gasteiger partial charge in [0, 0.05) is 5.69 Å². The van der Waals surface area contributed by atoms with Gasteiger partial charge in [-0.05, 0) is 44.0 Å². The highest BCUT2D eigenvalue weighted by molar-refractivity contribution is 6.00. The van der Waals surface area contributed by atoms with Crippen LogP contribution in [0.2, 0.25) is 0 Å². The zero-order valence-electron chi connectivity index (χ0n) is 14.0. The number of hydrogen-bond acceptors (Lipinski definition) is 2. The molecule has 0 unspecified atom stereocenters. The third kappa shape index (κ3) is 4.17. The van der Waals surface area contributed by atoms with Crippen molar-refractivity contribution in [2.24, 2.45) is 0 Å². The van der Waals surface area contributed by atoms with Crippen LogP contribution in [0.15, 0.2) is 24.3 Å². The Kier molecular flexibility index (Phi) is 5.46. The molecular weight excluding hydrogens is 333 g/mol. The minimum Gasteiger partial charge on any atom is -0.343 e. The van der Waals surface area contributed by atoms with Crippen molar-refractivity contribution in [3.8, 4) is 0 Å². The molecular formula is C18H17F3N2O2. The van der Waals surface area contributed by atoms with Gasteiger partial charge in [-0.3, -0.25) is 9.59 Å². The molecule has 0 aliphatic carbocycles. The lowest BCUT2D eigenvalue weighted by Gasteiger charge is -2.13. The Balaban J connectivity index is 2.03. The van der Waals surface area contributed by atoms with E-state index in [2.05, 4.69) is 10.6 Å². The summed E-state index contributed by atoms with van der Waals surface area (Å²) in [6.45, 7) is 5.17. The Morgan fingerprint density at radius 2 is 1.56 bits per heavy atom. The number of aryl methyl sites for hydroxylation is 3. The topological polar surface area (TPSA) is 58.2 Å². The molecule has 0 atom stereocenters. The van der Waals surface area contributed by atoms with Gasteiger partial charge >= 0.3 is 0 Å². The van der Waals surface area contributed by atoms with Crippen molar-refractivity contribution < 1.29 is 22.8 Å². The van der Waals surface area contributed by atoms with Crippen LogP contribution in [0.4, 0.5) is 18.9 Å². The maximum Gasteiger partial charge on any atom is 0.254 e. The first-order valence-electron chi connectivity index (χ1n) is 7.50. The summed E-state index contributed by atoms with van der Waals surface area (Å²) in [6.07, 6.45) is 0. The van der Waals surface area contributed by atoms with Crippen LogP contribution in [0.3, 0.4) is 0 Å². The standard InChI is InChI=1S/C18H17F3N2O2/c1-9-6-10(2)17(11(3)7-9)23-14(24)8-22-18(25)12-4-5-13(19)16(21)15(12)20/h4-7H,8H2,1-3H3,(H,22,25)(H,23,24). The van der Waals surface area contributed by atoms with Gasteiger partial charge in [-0.15, -0.1) is 0 Å². The molecule has 2 N–H and O–H groups in total. The molecule has 4 nitrogen and oxygen atoms in total. The molecule has 0 aliphatic heterocycles. The lowest BCUT2D eigenvalue weighted by atomic mass is 10.1. The molecule has 0 bridgehead atoms. The minimum atomic E-state index is -1.73. The highest BCUT2D eigenvalue weighted by atomic mass is 19.2. The average Bonchev–Trinajstić information content (AvgIpc) is 2.54. The first-order chi connectivity index (χ1) is 11.7. The van der Waals surface area contributed by atoms with Gasteiger partial charge in [0.15, 0.2) is 17.5 Å². The van der Waals surface area contributed by atoms with Crippen molar-refractivity contribution in [3.05, 3.63) is 64.0 Å². The Bertz CT molecular complexity index is 827. The summed E-state index contributed by atoms with van der Waals surface area (Å²) in [5.41, 5.74) is 2.74. The van der Waals surface area contributed by atoms with E-state index in [0.29, 0.717) is 11.8 Å². The van der Waals surface area contributed by atoms with E-state index < -0.39 is 41.4 Å². The van der Waals surface area contributed by atoms with Crippen LogP contribution in [-0.4, -0.2) is 18.4 Å². The molecule has 0 aromatic heterocycles. The number of rotatable bonds is 4. The van der Waals surface area contributed by atoms with Crippen molar-refractivity contribution in [2.45, 2.75) is 20.8 Å². The molecule has 0 saturated heterocycles. The fraction of sp³-hybridized carbons (Fsp3) is 0.222. The van der Waals surface area contributed by atoms with E-state index in [1.807, 2.05) is 32.9 Å². The van der Waals surface area contributed by atoms with Crippen molar-refractivity contribution in [1.82, 2.24) is 5.32 Å². The predicted octanol–water partition coefficient (Wildman–Crippen LogP) is 3.40. The Morgan fingerprint density at radius 1 is 0.960 bits per heavy atom. The Hall–Kier alpha value is -2.83. The van der Waals surface area contributed by atoms with Crippen molar-refractivity contribution in [3.63, 3.8) is 0 Å². The fourth-order valence-electron chi connectivity index (χ4n) is 2.52. The molecule has 0 spiro atoms. The van der Waals surface area contributed by atoms with Crippen LogP contribution in [0.1, 0.15) is 27.0 Å². The number of carbonyl (C=O) groups excluding carboxylic acids is 2. The highest BCUT2D eigenvalue weighted by Crippen LogP contribution is 2.21. The molecule has 0 fully saturated rings. The molecule has 0 saturated carbocycles. The molecule has 0 radical (unpaired) electrons. The van der Waals surface area contributed by atoms with Gasteiger partial charge in [0.05, 0.1) is 12.1 Å². The van der Waals surface area contributed by atoms with Crippen LogP contribution in [0.5, 0.6) is 0 Å². The average molecular weight is 350 g/mol. The summed E-state index contributed by atoms with van der Waals surface area (Å²) in [5.74, 6) is -6.25. The quantitative estimate of drug-likeness (QED) is 0.831. The molecule has 2 amide bonds. The summed E-state index contributed by atoms with van der Waals surface area (Å²) < 4.78 is 39.6. The Morgan fingerprint density at radius 3 is 2.16 bits per heavy atom. The Labute approximate surface area is 143 Å². The van der Waals surface area contributed by atoms with Gasteiger partial charge in [0.25, 0.3) is 5.91 Å². The molecule has 0 aliphatic rings. The van der Waals surface area contributed by atoms with Gasteiger partial charge in [-0.25, -0.2) is 13.2 Å². The first-order valence-corrected chi connectivity index (χ1v) is 7.50. The third-order valence-electron chi connectivity index (χ3n) is 3.63. The summed E-state index contributed by atoms with van der Waals surface area (Å²) in [7, 11) is 0. The lowest BCUT2D eigenvalue weighted by Crippen LogP contribution is -2.33. The number of halogens is 3. The second-order valence-electron chi connectivity index (χ2n) is 5.73. The van der Waals surface area contributed by atoms with Crippen LogP contribution in [-0.2, 0) is 4.79 Å². The van der Waals surface area contributed by atoms with Crippen molar-refractivity contribution >= 4 is 17.5 Å². The number of anilines is 1. The van der Waals surface area contributed by atoms with Gasteiger partial charge in [0.2, 0.25) is 5.91 Å². The van der Waals surface area contributed by atoms with Crippen LogP contribution in [0, 0.1) is 38.2 Å². The van der Waals surface area contributed by atoms with E-state index >= 15 is 0 Å². The molecule has 7 heteroatoms. The summed E-state index contributed by atoms with van der Waals surface area (Å²) >= 11 is 0. The highest BCUT2D eigenvalue weighted by Gasteiger charge is 2.19. The van der Waals surface area contributed by atoms with E-state index in [1.165, 1.54) is 0 Å². The molecule has 25 heavy (non-hydrogen) atoms. The third-order valence-corrected chi connectivity index (χ3v) is 3.63. The number of carbonyl (C=O) groups is 2. The maximum absolute atomic E-state index is 13.6. The predicted molar refractivity (Wildman–Crippen MR) is 87.9 cm³/mol. The largest absolute Gasteiger partial charge is 0.343 e.